The van der Waals surface area contributed by atoms with Crippen LogP contribution in [0.2, 0.25) is 0 Å². The van der Waals surface area contributed by atoms with Crippen LogP contribution in [-0.4, -0.2) is 37.9 Å². The number of fused-ring (bicyclic) bond motifs is 1. The molecule has 0 unspecified atom stereocenters. The molecule has 0 saturated carbocycles. The van der Waals surface area contributed by atoms with Crippen molar-refractivity contribution in [1.29, 1.82) is 0 Å². The molecule has 3 N–H and O–H groups in total. The maximum atomic E-state index is 14.6. The van der Waals surface area contributed by atoms with Crippen LogP contribution in [0, 0.1) is 5.82 Å². The van der Waals surface area contributed by atoms with Crippen molar-refractivity contribution in [2.24, 2.45) is 0 Å². The van der Waals surface area contributed by atoms with E-state index in [0.29, 0.717) is 40.0 Å². The normalized spacial score (nSPS) is 11.4. The maximum absolute atomic E-state index is 14.6. The molecule has 0 aliphatic rings. The number of nitrogens with one attached hydrogen (secondary N) is 3. The fraction of sp³-hybridized carbons (Fsp3) is 0.0800. The minimum absolute atomic E-state index is 0.251. The zero-order valence-corrected chi connectivity index (χ0v) is 19.5. The highest BCUT2D eigenvalue weighted by molar-refractivity contribution is 6.05. The van der Waals surface area contributed by atoms with Gasteiger partial charge in [-0.1, -0.05) is 0 Å². The van der Waals surface area contributed by atoms with E-state index >= 15 is 0 Å². The number of alkyl halides is 3. The number of pyridine rings is 1. The third-order valence-electron chi connectivity index (χ3n) is 5.52. The van der Waals surface area contributed by atoms with Crippen LogP contribution < -0.4 is 15.4 Å². The highest BCUT2D eigenvalue weighted by atomic mass is 19.4. The largest absolute Gasteiger partial charge is 0.496 e. The predicted molar refractivity (Wildman–Crippen MR) is 131 cm³/mol. The molecule has 3 aromatic heterocycles. The Hall–Kier alpha value is -5.07. The number of rotatable bonds is 6. The van der Waals surface area contributed by atoms with Gasteiger partial charge in [0, 0.05) is 23.0 Å². The lowest BCUT2D eigenvalue weighted by Crippen LogP contribution is -2.15. The molecule has 0 radical (unpaired) electrons. The molecule has 0 atom stereocenters. The number of benzene rings is 2. The second kappa shape index (κ2) is 9.76. The summed E-state index contributed by atoms with van der Waals surface area (Å²) in [7, 11) is 1.09. The molecule has 0 aliphatic heterocycles. The lowest BCUT2D eigenvalue weighted by atomic mass is 10.1. The van der Waals surface area contributed by atoms with Crippen LogP contribution in [0.5, 0.6) is 5.75 Å². The van der Waals surface area contributed by atoms with Crippen molar-refractivity contribution in [3.63, 3.8) is 0 Å². The molecule has 0 spiro atoms. The summed E-state index contributed by atoms with van der Waals surface area (Å²) in [6.07, 6.45) is -0.339. The average molecular weight is 523 g/mol. The minimum atomic E-state index is -4.75. The van der Waals surface area contributed by atoms with Crippen molar-refractivity contribution in [3.05, 3.63) is 84.3 Å². The Morgan fingerprint density at radius 3 is 2.66 bits per heavy atom. The lowest BCUT2D eigenvalue weighted by molar-refractivity contribution is -0.138. The fourth-order valence-electron chi connectivity index (χ4n) is 3.76. The van der Waals surface area contributed by atoms with E-state index in [4.69, 9.17) is 4.74 Å². The number of anilines is 3. The van der Waals surface area contributed by atoms with Crippen molar-refractivity contribution in [3.8, 4) is 17.0 Å². The molecule has 3 heterocycles. The average Bonchev–Trinajstić information content (AvgIpc) is 3.39. The van der Waals surface area contributed by atoms with Crippen LogP contribution >= 0.6 is 0 Å². The number of imidazole rings is 1. The first kappa shape index (κ1) is 24.6. The van der Waals surface area contributed by atoms with Crippen LogP contribution in [0.1, 0.15) is 15.9 Å². The number of halogens is 4. The SMILES string of the molecule is COc1ccc(C(=O)Nc2cc(Nc3ncccc3-c3ncnc4[nH]cnc34)ccc2F)cc1C(F)(F)F. The number of nitrogens with zero attached hydrogens (tertiary/aromatic N) is 4. The van der Waals surface area contributed by atoms with E-state index in [2.05, 4.69) is 35.6 Å². The second-order valence-corrected chi connectivity index (χ2v) is 7.91. The number of aromatic nitrogens is 5. The molecule has 1 amide bonds. The Morgan fingerprint density at radius 2 is 1.87 bits per heavy atom. The highest BCUT2D eigenvalue weighted by Gasteiger charge is 2.35. The third kappa shape index (κ3) is 4.81. The molecule has 13 heteroatoms. The molecular formula is C25H17F4N7O2. The molecule has 0 saturated heterocycles. The van der Waals surface area contributed by atoms with Gasteiger partial charge in [-0.15, -0.1) is 0 Å². The van der Waals surface area contributed by atoms with E-state index in [1.165, 1.54) is 24.8 Å². The van der Waals surface area contributed by atoms with E-state index in [0.717, 1.165) is 25.3 Å². The van der Waals surface area contributed by atoms with Crippen LogP contribution in [0.25, 0.3) is 22.4 Å². The molecule has 5 rings (SSSR count). The molecule has 9 nitrogen and oxygen atoms in total. The van der Waals surface area contributed by atoms with Crippen LogP contribution in [0.15, 0.2) is 67.4 Å². The topological polar surface area (TPSA) is 118 Å². The van der Waals surface area contributed by atoms with Gasteiger partial charge in [0.1, 0.15) is 34.9 Å². The second-order valence-electron chi connectivity index (χ2n) is 7.91. The third-order valence-corrected chi connectivity index (χ3v) is 5.52. The number of carbonyl (C=O) groups excluding carboxylic acids is 1. The number of H-pyrrole nitrogens is 1. The molecule has 0 aliphatic carbocycles. The summed E-state index contributed by atoms with van der Waals surface area (Å²) in [5.74, 6) is -1.80. The van der Waals surface area contributed by atoms with E-state index in [1.54, 1.807) is 18.3 Å². The maximum Gasteiger partial charge on any atom is 0.419 e. The Labute approximate surface area is 212 Å². The first-order valence-electron chi connectivity index (χ1n) is 11.0. The summed E-state index contributed by atoms with van der Waals surface area (Å²) in [4.78, 5) is 32.6. The van der Waals surface area contributed by atoms with Gasteiger partial charge in [0.2, 0.25) is 0 Å². The first-order valence-corrected chi connectivity index (χ1v) is 11.0. The number of aromatic amines is 1. The summed E-state index contributed by atoms with van der Waals surface area (Å²) in [6, 6.07) is 10.1. The summed E-state index contributed by atoms with van der Waals surface area (Å²) in [5.41, 5.74) is 0.786. The van der Waals surface area contributed by atoms with E-state index in [1.807, 2.05) is 0 Å². The van der Waals surface area contributed by atoms with Crippen molar-refractivity contribution in [1.82, 2.24) is 24.9 Å². The van der Waals surface area contributed by atoms with Gasteiger partial charge in [-0.25, -0.2) is 24.3 Å². The fourth-order valence-corrected chi connectivity index (χ4v) is 3.76. The number of methoxy groups -OCH3 is 1. The Morgan fingerprint density at radius 1 is 1.03 bits per heavy atom. The Balaban J connectivity index is 1.43. The number of amides is 1. The van der Waals surface area contributed by atoms with E-state index < -0.39 is 29.2 Å². The van der Waals surface area contributed by atoms with Crippen molar-refractivity contribution >= 4 is 34.3 Å². The summed E-state index contributed by atoms with van der Waals surface area (Å²) in [6.45, 7) is 0. The molecule has 38 heavy (non-hydrogen) atoms. The monoisotopic (exact) mass is 523 g/mol. The number of hydrogen-bond donors (Lipinski definition) is 3. The predicted octanol–water partition coefficient (Wildman–Crippen LogP) is 5.58. The van der Waals surface area contributed by atoms with Gasteiger partial charge in [-0.05, 0) is 48.5 Å². The summed E-state index contributed by atoms with van der Waals surface area (Å²) in [5, 5.41) is 5.38. The van der Waals surface area contributed by atoms with Gasteiger partial charge in [-0.2, -0.15) is 13.2 Å². The summed E-state index contributed by atoms with van der Waals surface area (Å²) < 4.78 is 59.4. The minimum Gasteiger partial charge on any atom is -0.496 e. The number of carbonyl (C=O) groups is 1. The Kier molecular flexibility index (Phi) is 6.33. The zero-order valence-electron chi connectivity index (χ0n) is 19.5. The number of hydrogen-bond acceptors (Lipinski definition) is 7. The molecular weight excluding hydrogens is 506 g/mol. The van der Waals surface area contributed by atoms with Crippen LogP contribution in [-0.2, 0) is 6.18 Å². The van der Waals surface area contributed by atoms with Gasteiger partial charge in [0.05, 0.1) is 24.7 Å². The van der Waals surface area contributed by atoms with E-state index in [-0.39, 0.29) is 11.3 Å². The molecule has 0 fully saturated rings. The molecule has 2 aromatic carbocycles. The van der Waals surface area contributed by atoms with Crippen molar-refractivity contribution < 1.29 is 27.1 Å². The van der Waals surface area contributed by atoms with Crippen molar-refractivity contribution in [2.75, 3.05) is 17.7 Å². The molecule has 5 aromatic rings. The number of ether oxygens (including phenoxy) is 1. The summed E-state index contributed by atoms with van der Waals surface area (Å²) >= 11 is 0. The van der Waals surface area contributed by atoms with Crippen LogP contribution in [0.4, 0.5) is 34.8 Å². The molecule has 192 valence electrons. The quantitative estimate of drug-likeness (QED) is 0.249. The lowest BCUT2D eigenvalue weighted by Gasteiger charge is -2.14. The van der Waals surface area contributed by atoms with Gasteiger partial charge in [0.25, 0.3) is 5.91 Å². The van der Waals surface area contributed by atoms with E-state index in [9.17, 15) is 22.4 Å². The van der Waals surface area contributed by atoms with Crippen molar-refractivity contribution in [2.45, 2.75) is 6.18 Å². The van der Waals surface area contributed by atoms with Gasteiger partial charge in [-0.3, -0.25) is 4.79 Å². The van der Waals surface area contributed by atoms with Gasteiger partial charge in [0.15, 0.2) is 5.65 Å². The van der Waals surface area contributed by atoms with Gasteiger partial charge >= 0.3 is 6.18 Å². The first-order chi connectivity index (χ1) is 18.2. The van der Waals surface area contributed by atoms with Crippen LogP contribution in [0.3, 0.4) is 0 Å². The van der Waals surface area contributed by atoms with Gasteiger partial charge < -0.3 is 20.4 Å². The Bertz CT molecular complexity index is 1650. The zero-order chi connectivity index (χ0) is 26.9. The molecule has 0 bridgehead atoms. The standard InChI is InChI=1S/C25H17F4N7O2/c1-38-19-7-4-13(9-16(19)25(27,28)29)24(37)36-18-10-14(5-6-17(18)26)35-22-15(3-2-8-30-22)20-21-23(33-11-31-20)34-12-32-21/h2-12H,1H3,(H,30,35)(H,36,37)(H,31,32,33,34). The highest BCUT2D eigenvalue weighted by Crippen LogP contribution is 2.37. The smallest absolute Gasteiger partial charge is 0.419 e.